The quantitative estimate of drug-likeness (QED) is 0.640. The van der Waals surface area contributed by atoms with Crippen LogP contribution in [0.1, 0.15) is 6.92 Å². The smallest absolute Gasteiger partial charge is 0.239 e. The summed E-state index contributed by atoms with van der Waals surface area (Å²) in [5.74, 6) is -1.14. The van der Waals surface area contributed by atoms with Gasteiger partial charge in [-0.05, 0) is 53.7 Å². The molecule has 0 saturated carbocycles. The van der Waals surface area contributed by atoms with E-state index >= 15 is 0 Å². The molecule has 3 aromatic rings. The topological polar surface area (TPSA) is 69.7 Å². The van der Waals surface area contributed by atoms with Gasteiger partial charge in [-0.1, -0.05) is 37.3 Å². The average molecular weight is 438 g/mol. The van der Waals surface area contributed by atoms with Crippen LogP contribution in [0.15, 0.2) is 71.6 Å². The standard InChI is InChI=1S/C24H27N3O3S/c1-2-26-13-15-27(16-14-26)22-10-8-21(9-11-22)25-24(28)18-31(29,30)23-12-7-19-5-3-4-6-20(19)17-23/h3-12,17H,2,13-16,18H2,1H3,(H,25,28). The number of rotatable bonds is 6. The van der Waals surface area contributed by atoms with Crippen LogP contribution in [0.3, 0.4) is 0 Å². The van der Waals surface area contributed by atoms with Crippen LogP contribution in [0.5, 0.6) is 0 Å². The van der Waals surface area contributed by atoms with Gasteiger partial charge in [0.25, 0.3) is 0 Å². The van der Waals surface area contributed by atoms with E-state index in [0.29, 0.717) is 5.69 Å². The maximum absolute atomic E-state index is 12.7. The van der Waals surface area contributed by atoms with Gasteiger partial charge >= 0.3 is 0 Å². The number of sulfone groups is 1. The van der Waals surface area contributed by atoms with Gasteiger partial charge in [0, 0.05) is 37.6 Å². The lowest BCUT2D eigenvalue weighted by Gasteiger charge is -2.35. The molecule has 1 aliphatic heterocycles. The summed E-state index contributed by atoms with van der Waals surface area (Å²) in [6.07, 6.45) is 0. The first-order valence-electron chi connectivity index (χ1n) is 10.5. The number of likely N-dealkylation sites (N-methyl/N-ethyl adjacent to an activating group) is 1. The fourth-order valence-corrected chi connectivity index (χ4v) is 5.06. The number of anilines is 2. The molecule has 162 valence electrons. The first kappa shape index (κ1) is 21.3. The van der Waals surface area contributed by atoms with Crippen molar-refractivity contribution in [3.05, 3.63) is 66.7 Å². The summed E-state index contributed by atoms with van der Waals surface area (Å²) in [7, 11) is -3.73. The number of hydrogen-bond donors (Lipinski definition) is 1. The van der Waals surface area contributed by atoms with Crippen molar-refractivity contribution in [1.82, 2.24) is 4.90 Å². The molecular formula is C24H27N3O3S. The first-order chi connectivity index (χ1) is 14.9. The predicted octanol–water partition coefficient (Wildman–Crippen LogP) is 3.39. The normalized spacial score (nSPS) is 15.2. The fourth-order valence-electron chi connectivity index (χ4n) is 3.89. The molecule has 6 nitrogen and oxygen atoms in total. The number of carbonyl (C=O) groups is 1. The van der Waals surface area contributed by atoms with Gasteiger partial charge in [0.2, 0.25) is 5.91 Å². The molecule has 1 fully saturated rings. The van der Waals surface area contributed by atoms with Crippen molar-refractivity contribution in [2.24, 2.45) is 0 Å². The zero-order valence-electron chi connectivity index (χ0n) is 17.6. The molecule has 0 spiro atoms. The Labute approximate surface area is 183 Å². The lowest BCUT2D eigenvalue weighted by Crippen LogP contribution is -2.46. The molecule has 0 aliphatic carbocycles. The molecule has 1 aliphatic rings. The van der Waals surface area contributed by atoms with Gasteiger partial charge in [-0.2, -0.15) is 0 Å². The van der Waals surface area contributed by atoms with Crippen LogP contribution in [0, 0.1) is 0 Å². The largest absolute Gasteiger partial charge is 0.369 e. The number of fused-ring (bicyclic) bond motifs is 1. The SMILES string of the molecule is CCN1CCN(c2ccc(NC(=O)CS(=O)(=O)c3ccc4ccccc4c3)cc2)CC1. The van der Waals surface area contributed by atoms with Crippen LogP contribution >= 0.6 is 0 Å². The molecule has 0 atom stereocenters. The van der Waals surface area contributed by atoms with Gasteiger partial charge < -0.3 is 15.1 Å². The van der Waals surface area contributed by atoms with Gasteiger partial charge in [-0.3, -0.25) is 4.79 Å². The molecule has 4 rings (SSSR count). The van der Waals surface area contributed by atoms with Gasteiger partial charge in [-0.25, -0.2) is 8.42 Å². The predicted molar refractivity (Wildman–Crippen MR) is 125 cm³/mol. The second kappa shape index (κ2) is 9.08. The molecule has 0 unspecified atom stereocenters. The Kier molecular flexibility index (Phi) is 6.25. The highest BCUT2D eigenvalue weighted by molar-refractivity contribution is 7.92. The summed E-state index contributed by atoms with van der Waals surface area (Å²) in [5.41, 5.74) is 1.70. The van der Waals surface area contributed by atoms with E-state index in [-0.39, 0.29) is 4.90 Å². The highest BCUT2D eigenvalue weighted by Crippen LogP contribution is 2.22. The van der Waals surface area contributed by atoms with E-state index in [9.17, 15) is 13.2 Å². The van der Waals surface area contributed by atoms with E-state index in [2.05, 4.69) is 22.0 Å². The van der Waals surface area contributed by atoms with E-state index in [0.717, 1.165) is 49.2 Å². The summed E-state index contributed by atoms with van der Waals surface area (Å²) in [5, 5.41) is 4.50. The zero-order chi connectivity index (χ0) is 21.8. The first-order valence-corrected chi connectivity index (χ1v) is 12.2. The molecule has 0 radical (unpaired) electrons. The van der Waals surface area contributed by atoms with Crippen LogP contribution in [-0.4, -0.2) is 57.7 Å². The molecule has 1 N–H and O–H groups in total. The Bertz CT molecular complexity index is 1170. The van der Waals surface area contributed by atoms with Gasteiger partial charge in [0.15, 0.2) is 9.84 Å². The van der Waals surface area contributed by atoms with Gasteiger partial charge in [0.1, 0.15) is 5.75 Å². The van der Waals surface area contributed by atoms with Crippen LogP contribution in [0.4, 0.5) is 11.4 Å². The van der Waals surface area contributed by atoms with Crippen molar-refractivity contribution in [1.29, 1.82) is 0 Å². The van der Waals surface area contributed by atoms with Crippen molar-refractivity contribution in [2.75, 3.05) is 48.7 Å². The van der Waals surface area contributed by atoms with Crippen molar-refractivity contribution in [3.8, 4) is 0 Å². The molecule has 1 amide bonds. The Morgan fingerprint density at radius 1 is 0.903 bits per heavy atom. The van der Waals surface area contributed by atoms with E-state index in [1.54, 1.807) is 18.2 Å². The van der Waals surface area contributed by atoms with Crippen molar-refractivity contribution >= 4 is 37.9 Å². The third-order valence-corrected chi connectivity index (χ3v) is 7.35. The molecular weight excluding hydrogens is 410 g/mol. The molecule has 1 saturated heterocycles. The Hall–Kier alpha value is -2.90. The van der Waals surface area contributed by atoms with E-state index in [1.807, 2.05) is 48.5 Å². The molecule has 1 heterocycles. The Morgan fingerprint density at radius 2 is 1.58 bits per heavy atom. The van der Waals surface area contributed by atoms with E-state index in [4.69, 9.17) is 0 Å². The highest BCUT2D eigenvalue weighted by Gasteiger charge is 2.20. The number of benzene rings is 3. The second-order valence-corrected chi connectivity index (χ2v) is 9.77. The zero-order valence-corrected chi connectivity index (χ0v) is 18.4. The monoisotopic (exact) mass is 437 g/mol. The van der Waals surface area contributed by atoms with Gasteiger partial charge in [0.05, 0.1) is 4.90 Å². The molecule has 7 heteroatoms. The maximum Gasteiger partial charge on any atom is 0.239 e. The number of nitrogens with zero attached hydrogens (tertiary/aromatic N) is 2. The van der Waals surface area contributed by atoms with E-state index in [1.165, 1.54) is 0 Å². The number of nitrogens with one attached hydrogen (secondary N) is 1. The van der Waals surface area contributed by atoms with Crippen molar-refractivity contribution in [3.63, 3.8) is 0 Å². The lowest BCUT2D eigenvalue weighted by molar-refractivity contribution is -0.113. The summed E-state index contributed by atoms with van der Waals surface area (Å²) in [6.45, 7) is 7.28. The summed E-state index contributed by atoms with van der Waals surface area (Å²) >= 11 is 0. The summed E-state index contributed by atoms with van der Waals surface area (Å²) in [4.78, 5) is 17.3. The lowest BCUT2D eigenvalue weighted by atomic mass is 10.1. The highest BCUT2D eigenvalue weighted by atomic mass is 32.2. The maximum atomic E-state index is 12.7. The summed E-state index contributed by atoms with van der Waals surface area (Å²) in [6, 6.07) is 20.1. The summed E-state index contributed by atoms with van der Waals surface area (Å²) < 4.78 is 25.4. The molecule has 31 heavy (non-hydrogen) atoms. The minimum Gasteiger partial charge on any atom is -0.369 e. The van der Waals surface area contributed by atoms with Crippen LogP contribution in [0.2, 0.25) is 0 Å². The Balaban J connectivity index is 1.38. The number of piperazine rings is 1. The van der Waals surface area contributed by atoms with Crippen LogP contribution in [-0.2, 0) is 14.6 Å². The third kappa shape index (κ3) is 5.06. The number of amides is 1. The Morgan fingerprint density at radius 3 is 2.26 bits per heavy atom. The number of hydrogen-bond acceptors (Lipinski definition) is 5. The minimum atomic E-state index is -3.73. The van der Waals surface area contributed by atoms with Crippen LogP contribution in [0.25, 0.3) is 10.8 Å². The second-order valence-electron chi connectivity index (χ2n) is 7.78. The average Bonchev–Trinajstić information content (AvgIpc) is 2.79. The molecule has 0 bridgehead atoms. The van der Waals surface area contributed by atoms with Crippen LogP contribution < -0.4 is 10.2 Å². The van der Waals surface area contributed by atoms with E-state index < -0.39 is 21.5 Å². The number of carbonyl (C=O) groups excluding carboxylic acids is 1. The van der Waals surface area contributed by atoms with Crippen molar-refractivity contribution in [2.45, 2.75) is 11.8 Å². The fraction of sp³-hybridized carbons (Fsp3) is 0.292. The van der Waals surface area contributed by atoms with Gasteiger partial charge in [-0.15, -0.1) is 0 Å². The van der Waals surface area contributed by atoms with Crippen molar-refractivity contribution < 1.29 is 13.2 Å². The molecule has 0 aromatic heterocycles. The minimum absolute atomic E-state index is 0.155. The third-order valence-electron chi connectivity index (χ3n) is 5.74. The molecule has 3 aromatic carbocycles.